The van der Waals surface area contributed by atoms with Gasteiger partial charge in [-0.15, -0.1) is 0 Å². The van der Waals surface area contributed by atoms with E-state index >= 15 is 0 Å². The summed E-state index contributed by atoms with van der Waals surface area (Å²) in [5, 5.41) is 10.8. The molecule has 2 N–H and O–H groups in total. The standard InChI is InChI=1S/C16H28N4O2/c1-3-4-6-13(12-22-2)18-16(21)15-8-10-20(19-15)14-7-5-9-17-11-14/h8,10,13-14,17H,3-7,9,11-12H2,1-2H3,(H,18,21). The van der Waals surface area contributed by atoms with Crippen molar-refractivity contribution in [3.8, 4) is 0 Å². The minimum Gasteiger partial charge on any atom is -0.383 e. The maximum atomic E-state index is 12.3. The van der Waals surface area contributed by atoms with Crippen molar-refractivity contribution < 1.29 is 9.53 Å². The van der Waals surface area contributed by atoms with Crippen molar-refractivity contribution in [1.29, 1.82) is 0 Å². The molecule has 1 amide bonds. The van der Waals surface area contributed by atoms with E-state index in [1.807, 2.05) is 10.9 Å². The van der Waals surface area contributed by atoms with Crippen LogP contribution in [-0.4, -0.2) is 48.5 Å². The van der Waals surface area contributed by atoms with Gasteiger partial charge in [-0.05, 0) is 31.9 Å². The number of amides is 1. The number of carbonyl (C=O) groups is 1. The van der Waals surface area contributed by atoms with Gasteiger partial charge in [0.05, 0.1) is 18.7 Å². The first-order chi connectivity index (χ1) is 10.7. The highest BCUT2D eigenvalue weighted by Crippen LogP contribution is 2.15. The fourth-order valence-electron chi connectivity index (χ4n) is 2.83. The Bertz CT molecular complexity index is 455. The first-order valence-corrected chi connectivity index (χ1v) is 8.30. The van der Waals surface area contributed by atoms with Crippen molar-refractivity contribution in [1.82, 2.24) is 20.4 Å². The molecule has 2 atom stereocenters. The molecule has 6 nitrogen and oxygen atoms in total. The number of nitrogens with one attached hydrogen (secondary N) is 2. The van der Waals surface area contributed by atoms with E-state index in [2.05, 4.69) is 22.7 Å². The van der Waals surface area contributed by atoms with Gasteiger partial charge in [0.1, 0.15) is 5.69 Å². The van der Waals surface area contributed by atoms with E-state index in [1.165, 1.54) is 0 Å². The summed E-state index contributed by atoms with van der Waals surface area (Å²) in [5.41, 5.74) is 0.489. The molecular formula is C16H28N4O2. The third-order valence-electron chi connectivity index (χ3n) is 4.10. The summed E-state index contributed by atoms with van der Waals surface area (Å²) < 4.78 is 7.10. The summed E-state index contributed by atoms with van der Waals surface area (Å²) in [7, 11) is 1.66. The molecule has 1 fully saturated rings. The van der Waals surface area contributed by atoms with Gasteiger partial charge in [0.2, 0.25) is 0 Å². The van der Waals surface area contributed by atoms with Crippen LogP contribution in [0.2, 0.25) is 0 Å². The average Bonchev–Trinajstić information content (AvgIpc) is 3.04. The first-order valence-electron chi connectivity index (χ1n) is 8.30. The van der Waals surface area contributed by atoms with Crippen LogP contribution >= 0.6 is 0 Å². The Hall–Kier alpha value is -1.40. The van der Waals surface area contributed by atoms with Crippen LogP contribution in [0.4, 0.5) is 0 Å². The van der Waals surface area contributed by atoms with Crippen LogP contribution in [0.1, 0.15) is 55.6 Å². The molecule has 1 aromatic heterocycles. The topological polar surface area (TPSA) is 68.2 Å². The predicted molar refractivity (Wildman–Crippen MR) is 86.0 cm³/mol. The lowest BCUT2D eigenvalue weighted by Gasteiger charge is -2.23. The molecule has 2 heterocycles. The third-order valence-corrected chi connectivity index (χ3v) is 4.10. The second-order valence-corrected chi connectivity index (χ2v) is 5.95. The number of carbonyl (C=O) groups excluding carboxylic acids is 1. The van der Waals surface area contributed by atoms with Gasteiger partial charge in [-0.1, -0.05) is 19.8 Å². The first kappa shape index (κ1) is 17.0. The van der Waals surface area contributed by atoms with Crippen molar-refractivity contribution in [2.24, 2.45) is 0 Å². The Kier molecular flexibility index (Phi) is 6.86. The summed E-state index contributed by atoms with van der Waals surface area (Å²) in [6, 6.07) is 2.21. The quantitative estimate of drug-likeness (QED) is 0.767. The van der Waals surface area contributed by atoms with Crippen LogP contribution in [0.15, 0.2) is 12.3 Å². The number of hydrogen-bond donors (Lipinski definition) is 2. The Morgan fingerprint density at radius 2 is 2.50 bits per heavy atom. The number of hydrogen-bond acceptors (Lipinski definition) is 4. The van der Waals surface area contributed by atoms with E-state index in [1.54, 1.807) is 13.2 Å². The van der Waals surface area contributed by atoms with E-state index in [-0.39, 0.29) is 11.9 Å². The molecule has 0 aromatic carbocycles. The van der Waals surface area contributed by atoms with Crippen LogP contribution in [0, 0.1) is 0 Å². The van der Waals surface area contributed by atoms with E-state index < -0.39 is 0 Å². The highest BCUT2D eigenvalue weighted by atomic mass is 16.5. The second kappa shape index (κ2) is 8.90. The average molecular weight is 308 g/mol. The summed E-state index contributed by atoms with van der Waals surface area (Å²) in [4.78, 5) is 12.3. The number of methoxy groups -OCH3 is 1. The lowest BCUT2D eigenvalue weighted by atomic mass is 10.1. The number of nitrogens with zero attached hydrogens (tertiary/aromatic N) is 2. The van der Waals surface area contributed by atoms with E-state index in [4.69, 9.17) is 4.74 Å². The van der Waals surface area contributed by atoms with Gasteiger partial charge in [0.25, 0.3) is 5.91 Å². The Balaban J connectivity index is 1.92. The molecule has 1 aromatic rings. The van der Waals surface area contributed by atoms with Gasteiger partial charge in [0, 0.05) is 19.9 Å². The maximum absolute atomic E-state index is 12.3. The molecule has 1 aliphatic rings. The molecule has 0 spiro atoms. The maximum Gasteiger partial charge on any atom is 0.272 e. The highest BCUT2D eigenvalue weighted by molar-refractivity contribution is 5.92. The number of piperidine rings is 1. The van der Waals surface area contributed by atoms with Crippen molar-refractivity contribution >= 4 is 5.91 Å². The molecule has 0 saturated carbocycles. The predicted octanol–water partition coefficient (Wildman–Crippen LogP) is 1.74. The van der Waals surface area contributed by atoms with Crippen LogP contribution in [0.5, 0.6) is 0 Å². The molecule has 2 unspecified atom stereocenters. The second-order valence-electron chi connectivity index (χ2n) is 5.95. The van der Waals surface area contributed by atoms with Crippen molar-refractivity contribution in [2.45, 2.75) is 51.1 Å². The van der Waals surface area contributed by atoms with Gasteiger partial charge in [0.15, 0.2) is 0 Å². The number of ether oxygens (including phenoxy) is 1. The van der Waals surface area contributed by atoms with Gasteiger partial charge in [-0.3, -0.25) is 9.48 Å². The normalized spacial score (nSPS) is 19.8. The minimum atomic E-state index is -0.110. The molecule has 0 bridgehead atoms. The van der Waals surface area contributed by atoms with Gasteiger partial charge < -0.3 is 15.4 Å². The molecule has 0 radical (unpaired) electrons. The van der Waals surface area contributed by atoms with Crippen molar-refractivity contribution in [3.05, 3.63) is 18.0 Å². The molecule has 124 valence electrons. The van der Waals surface area contributed by atoms with Crippen LogP contribution in [0.3, 0.4) is 0 Å². The molecule has 1 saturated heterocycles. The van der Waals surface area contributed by atoms with E-state index in [0.717, 1.165) is 45.2 Å². The van der Waals surface area contributed by atoms with Crippen LogP contribution < -0.4 is 10.6 Å². The highest BCUT2D eigenvalue weighted by Gasteiger charge is 2.19. The van der Waals surface area contributed by atoms with E-state index in [0.29, 0.717) is 18.3 Å². The van der Waals surface area contributed by atoms with E-state index in [9.17, 15) is 4.79 Å². The summed E-state index contributed by atoms with van der Waals surface area (Å²) in [5.74, 6) is -0.110. The van der Waals surface area contributed by atoms with Crippen molar-refractivity contribution in [3.63, 3.8) is 0 Å². The van der Waals surface area contributed by atoms with Crippen LogP contribution in [0.25, 0.3) is 0 Å². The molecular weight excluding hydrogens is 280 g/mol. The molecule has 1 aliphatic heterocycles. The fraction of sp³-hybridized carbons (Fsp3) is 0.750. The van der Waals surface area contributed by atoms with Gasteiger partial charge in [-0.2, -0.15) is 5.10 Å². The third kappa shape index (κ3) is 4.81. The smallest absolute Gasteiger partial charge is 0.272 e. The van der Waals surface area contributed by atoms with Gasteiger partial charge >= 0.3 is 0 Å². The van der Waals surface area contributed by atoms with Crippen LogP contribution in [-0.2, 0) is 4.74 Å². The Morgan fingerprint density at radius 3 is 3.18 bits per heavy atom. The largest absolute Gasteiger partial charge is 0.383 e. The molecule has 22 heavy (non-hydrogen) atoms. The Labute approximate surface area is 132 Å². The zero-order chi connectivity index (χ0) is 15.8. The summed E-state index contributed by atoms with van der Waals surface area (Å²) in [6.45, 7) is 4.68. The summed E-state index contributed by atoms with van der Waals surface area (Å²) in [6.07, 6.45) is 7.29. The van der Waals surface area contributed by atoms with Crippen molar-refractivity contribution in [2.75, 3.05) is 26.8 Å². The number of aromatic nitrogens is 2. The zero-order valence-electron chi connectivity index (χ0n) is 13.7. The number of rotatable bonds is 8. The lowest BCUT2D eigenvalue weighted by Crippen LogP contribution is -2.38. The molecule has 2 rings (SSSR count). The van der Waals surface area contributed by atoms with Gasteiger partial charge in [-0.25, -0.2) is 0 Å². The minimum absolute atomic E-state index is 0.0546. The number of unbranched alkanes of at least 4 members (excludes halogenated alkanes) is 1. The molecule has 6 heteroatoms. The monoisotopic (exact) mass is 308 g/mol. The zero-order valence-corrected chi connectivity index (χ0v) is 13.7. The fourth-order valence-corrected chi connectivity index (χ4v) is 2.83. The lowest BCUT2D eigenvalue weighted by molar-refractivity contribution is 0.0884. The SMILES string of the molecule is CCCCC(COC)NC(=O)c1ccn(C2CCCNC2)n1. The summed E-state index contributed by atoms with van der Waals surface area (Å²) >= 11 is 0. The Morgan fingerprint density at radius 1 is 1.64 bits per heavy atom. The molecule has 0 aliphatic carbocycles.